The van der Waals surface area contributed by atoms with Crippen LogP contribution >= 0.6 is 0 Å². The van der Waals surface area contributed by atoms with Crippen LogP contribution in [0.3, 0.4) is 0 Å². The fourth-order valence-corrected chi connectivity index (χ4v) is 2.33. The Hall–Kier alpha value is -1.87. The number of aromatic nitrogens is 1. The van der Waals surface area contributed by atoms with E-state index in [2.05, 4.69) is 35.4 Å². The number of methoxy groups -OCH3 is 1. The van der Waals surface area contributed by atoms with Crippen LogP contribution < -0.4 is 10.1 Å². The molecule has 1 N–H and O–H groups in total. The van der Waals surface area contributed by atoms with Crippen LogP contribution in [0.4, 0.5) is 0 Å². The van der Waals surface area contributed by atoms with Crippen LogP contribution in [-0.2, 0) is 6.42 Å². The van der Waals surface area contributed by atoms with E-state index in [0.29, 0.717) is 0 Å². The summed E-state index contributed by atoms with van der Waals surface area (Å²) in [6, 6.07) is 12.6. The molecule has 0 aliphatic carbocycles. The Kier molecular flexibility index (Phi) is 5.13. The van der Waals surface area contributed by atoms with Crippen LogP contribution in [0, 0.1) is 6.92 Å². The molecule has 1 heterocycles. The lowest BCUT2D eigenvalue weighted by atomic mass is 9.99. The molecular weight excluding hydrogens is 248 g/mol. The van der Waals surface area contributed by atoms with Gasteiger partial charge in [-0.05, 0) is 43.1 Å². The predicted molar refractivity (Wildman–Crippen MR) is 82.1 cm³/mol. The van der Waals surface area contributed by atoms with Crippen LogP contribution in [0.2, 0.25) is 0 Å². The minimum Gasteiger partial charge on any atom is -0.496 e. The Labute approximate surface area is 121 Å². The third-order valence-corrected chi connectivity index (χ3v) is 3.40. The fourth-order valence-electron chi connectivity index (χ4n) is 2.33. The predicted octanol–water partition coefficient (Wildman–Crippen LogP) is 3.29. The summed E-state index contributed by atoms with van der Waals surface area (Å²) < 4.78 is 5.44. The molecule has 20 heavy (non-hydrogen) atoms. The number of rotatable bonds is 6. The second kappa shape index (κ2) is 7.06. The van der Waals surface area contributed by atoms with Gasteiger partial charge in [0.05, 0.1) is 7.11 Å². The first kappa shape index (κ1) is 14.5. The lowest BCUT2D eigenvalue weighted by molar-refractivity contribution is 0.405. The molecule has 0 amide bonds. The van der Waals surface area contributed by atoms with Crippen molar-refractivity contribution < 1.29 is 4.74 Å². The SMILES string of the molecule is CCNC(Cc1ccccc1OC)c1ccc(C)nc1. The smallest absolute Gasteiger partial charge is 0.122 e. The van der Waals surface area contributed by atoms with Crippen molar-refractivity contribution in [2.75, 3.05) is 13.7 Å². The topological polar surface area (TPSA) is 34.1 Å². The number of hydrogen-bond acceptors (Lipinski definition) is 3. The zero-order valence-electron chi connectivity index (χ0n) is 12.4. The number of aryl methyl sites for hydroxylation is 1. The molecule has 3 heteroatoms. The third-order valence-electron chi connectivity index (χ3n) is 3.40. The summed E-state index contributed by atoms with van der Waals surface area (Å²) in [6.07, 6.45) is 2.85. The molecule has 1 aromatic carbocycles. The van der Waals surface area contributed by atoms with Gasteiger partial charge in [-0.3, -0.25) is 4.98 Å². The molecule has 3 nitrogen and oxygen atoms in total. The summed E-state index contributed by atoms with van der Waals surface area (Å²) in [7, 11) is 1.72. The molecule has 1 unspecified atom stereocenters. The highest BCUT2D eigenvalue weighted by Gasteiger charge is 2.13. The van der Waals surface area contributed by atoms with Crippen molar-refractivity contribution >= 4 is 0 Å². The van der Waals surface area contributed by atoms with Crippen molar-refractivity contribution in [1.82, 2.24) is 10.3 Å². The van der Waals surface area contributed by atoms with Gasteiger partial charge in [-0.2, -0.15) is 0 Å². The molecule has 2 rings (SSSR count). The van der Waals surface area contributed by atoms with Crippen molar-refractivity contribution in [2.24, 2.45) is 0 Å². The van der Waals surface area contributed by atoms with Gasteiger partial charge in [0.25, 0.3) is 0 Å². The van der Waals surface area contributed by atoms with E-state index in [1.165, 1.54) is 11.1 Å². The first-order chi connectivity index (χ1) is 9.74. The maximum atomic E-state index is 5.44. The second-order valence-corrected chi connectivity index (χ2v) is 4.86. The van der Waals surface area contributed by atoms with Crippen LogP contribution in [-0.4, -0.2) is 18.6 Å². The molecule has 0 bridgehead atoms. The highest BCUT2D eigenvalue weighted by Crippen LogP contribution is 2.24. The summed E-state index contributed by atoms with van der Waals surface area (Å²) in [5, 5.41) is 3.52. The van der Waals surface area contributed by atoms with E-state index in [-0.39, 0.29) is 6.04 Å². The molecule has 1 atom stereocenters. The monoisotopic (exact) mass is 270 g/mol. The number of hydrogen-bond donors (Lipinski definition) is 1. The van der Waals surface area contributed by atoms with Crippen molar-refractivity contribution in [3.8, 4) is 5.75 Å². The van der Waals surface area contributed by atoms with Gasteiger partial charge >= 0.3 is 0 Å². The van der Waals surface area contributed by atoms with Crippen molar-refractivity contribution in [3.05, 3.63) is 59.4 Å². The lowest BCUT2D eigenvalue weighted by Gasteiger charge is -2.19. The number of benzene rings is 1. The van der Waals surface area contributed by atoms with Gasteiger partial charge in [0.2, 0.25) is 0 Å². The number of pyridine rings is 1. The van der Waals surface area contributed by atoms with Gasteiger partial charge in [-0.15, -0.1) is 0 Å². The molecule has 0 aliphatic heterocycles. The summed E-state index contributed by atoms with van der Waals surface area (Å²) in [4.78, 5) is 4.40. The molecule has 0 fully saturated rings. The molecular formula is C17H22N2O. The largest absolute Gasteiger partial charge is 0.496 e. The van der Waals surface area contributed by atoms with Gasteiger partial charge in [-0.25, -0.2) is 0 Å². The molecule has 0 saturated carbocycles. The first-order valence-corrected chi connectivity index (χ1v) is 7.02. The summed E-state index contributed by atoms with van der Waals surface area (Å²) in [5.74, 6) is 0.940. The second-order valence-electron chi connectivity index (χ2n) is 4.86. The number of likely N-dealkylation sites (N-methyl/N-ethyl adjacent to an activating group) is 1. The van der Waals surface area contributed by atoms with E-state index in [0.717, 1.165) is 24.4 Å². The highest BCUT2D eigenvalue weighted by molar-refractivity contribution is 5.35. The van der Waals surface area contributed by atoms with Crippen LogP contribution in [0.15, 0.2) is 42.6 Å². The molecule has 0 saturated heterocycles. The minimum atomic E-state index is 0.254. The van der Waals surface area contributed by atoms with Crippen molar-refractivity contribution in [1.29, 1.82) is 0 Å². The number of ether oxygens (including phenoxy) is 1. The molecule has 0 radical (unpaired) electrons. The number of nitrogens with one attached hydrogen (secondary N) is 1. The number of nitrogens with zero attached hydrogens (tertiary/aromatic N) is 1. The molecule has 0 spiro atoms. The van der Waals surface area contributed by atoms with Gasteiger partial charge in [0.1, 0.15) is 5.75 Å². The quantitative estimate of drug-likeness (QED) is 0.874. The van der Waals surface area contributed by atoms with Gasteiger partial charge in [-0.1, -0.05) is 31.2 Å². The van der Waals surface area contributed by atoms with Gasteiger partial charge < -0.3 is 10.1 Å². The Morgan fingerprint density at radius 1 is 1.20 bits per heavy atom. The highest BCUT2D eigenvalue weighted by atomic mass is 16.5. The standard InChI is InChI=1S/C17H22N2O/c1-4-18-16(15-10-9-13(2)19-12-15)11-14-7-5-6-8-17(14)20-3/h5-10,12,16,18H,4,11H2,1-3H3. The van der Waals surface area contributed by atoms with Gasteiger partial charge in [0, 0.05) is 17.9 Å². The summed E-state index contributed by atoms with van der Waals surface area (Å²) in [5.41, 5.74) is 3.46. The van der Waals surface area contributed by atoms with Crippen LogP contribution in [0.1, 0.15) is 29.8 Å². The van der Waals surface area contributed by atoms with E-state index in [1.54, 1.807) is 7.11 Å². The van der Waals surface area contributed by atoms with E-state index >= 15 is 0 Å². The third kappa shape index (κ3) is 3.58. The minimum absolute atomic E-state index is 0.254. The maximum absolute atomic E-state index is 5.44. The lowest BCUT2D eigenvalue weighted by Crippen LogP contribution is -2.23. The first-order valence-electron chi connectivity index (χ1n) is 7.02. The Balaban J connectivity index is 2.23. The average molecular weight is 270 g/mol. The van der Waals surface area contributed by atoms with Gasteiger partial charge in [0.15, 0.2) is 0 Å². The normalized spacial score (nSPS) is 12.2. The maximum Gasteiger partial charge on any atom is 0.122 e. The molecule has 0 aliphatic rings. The average Bonchev–Trinajstić information content (AvgIpc) is 2.48. The Morgan fingerprint density at radius 3 is 2.65 bits per heavy atom. The molecule has 106 valence electrons. The van der Waals surface area contributed by atoms with Crippen LogP contribution in [0.5, 0.6) is 5.75 Å². The van der Waals surface area contributed by atoms with Crippen LogP contribution in [0.25, 0.3) is 0 Å². The molecule has 2 aromatic rings. The van der Waals surface area contributed by atoms with E-state index in [1.807, 2.05) is 31.3 Å². The molecule has 1 aromatic heterocycles. The zero-order valence-corrected chi connectivity index (χ0v) is 12.4. The summed E-state index contributed by atoms with van der Waals surface area (Å²) >= 11 is 0. The van der Waals surface area contributed by atoms with E-state index in [9.17, 15) is 0 Å². The number of para-hydroxylation sites is 1. The fraction of sp³-hybridized carbons (Fsp3) is 0.353. The zero-order chi connectivity index (χ0) is 14.4. The van der Waals surface area contributed by atoms with Crippen molar-refractivity contribution in [2.45, 2.75) is 26.3 Å². The summed E-state index contributed by atoms with van der Waals surface area (Å²) in [6.45, 7) is 5.05. The Bertz CT molecular complexity index is 537. The van der Waals surface area contributed by atoms with E-state index in [4.69, 9.17) is 4.74 Å². The Morgan fingerprint density at radius 2 is 2.00 bits per heavy atom. The van der Waals surface area contributed by atoms with E-state index < -0.39 is 0 Å². The van der Waals surface area contributed by atoms with Crippen molar-refractivity contribution in [3.63, 3.8) is 0 Å².